The smallest absolute Gasteiger partial charge is 0.164 e. The molecular formula is C14H23BrN6. The van der Waals surface area contributed by atoms with E-state index in [9.17, 15) is 0 Å². The summed E-state index contributed by atoms with van der Waals surface area (Å²) >= 11 is 3.63. The Kier molecular flexibility index (Phi) is 4.83. The minimum atomic E-state index is 0.0621. The second-order valence-corrected chi connectivity index (χ2v) is 6.94. The lowest BCUT2D eigenvalue weighted by Crippen LogP contribution is -2.35. The lowest BCUT2D eigenvalue weighted by Gasteiger charge is -2.19. The number of halogens is 1. The van der Waals surface area contributed by atoms with Crippen LogP contribution in [-0.4, -0.2) is 30.1 Å². The Morgan fingerprint density at radius 2 is 2.00 bits per heavy atom. The van der Waals surface area contributed by atoms with Crippen molar-refractivity contribution in [2.24, 2.45) is 7.05 Å². The molecule has 116 valence electrons. The van der Waals surface area contributed by atoms with Gasteiger partial charge in [-0.1, -0.05) is 6.92 Å². The Morgan fingerprint density at radius 1 is 1.29 bits per heavy atom. The molecule has 1 N–H and O–H groups in total. The van der Waals surface area contributed by atoms with Crippen molar-refractivity contribution in [3.63, 3.8) is 0 Å². The van der Waals surface area contributed by atoms with Gasteiger partial charge in [-0.3, -0.25) is 4.68 Å². The SMILES string of the molecule is CCc1nn(C)c(Cn2cnc(CNC(C)(C)C)n2)c1Br. The summed E-state index contributed by atoms with van der Waals surface area (Å²) in [6.07, 6.45) is 2.68. The van der Waals surface area contributed by atoms with Crippen LogP contribution in [0.1, 0.15) is 44.9 Å². The molecule has 0 aliphatic heterocycles. The van der Waals surface area contributed by atoms with Gasteiger partial charge in [0, 0.05) is 12.6 Å². The lowest BCUT2D eigenvalue weighted by atomic mass is 10.1. The molecule has 2 rings (SSSR count). The zero-order chi connectivity index (χ0) is 15.6. The van der Waals surface area contributed by atoms with E-state index in [-0.39, 0.29) is 5.54 Å². The number of hydrogen-bond acceptors (Lipinski definition) is 4. The maximum absolute atomic E-state index is 4.51. The summed E-state index contributed by atoms with van der Waals surface area (Å²) < 4.78 is 4.82. The lowest BCUT2D eigenvalue weighted by molar-refractivity contribution is 0.416. The predicted molar refractivity (Wildman–Crippen MR) is 86.0 cm³/mol. The summed E-state index contributed by atoms with van der Waals surface area (Å²) in [5.74, 6) is 0.805. The van der Waals surface area contributed by atoms with Gasteiger partial charge in [-0.05, 0) is 43.1 Å². The van der Waals surface area contributed by atoms with Crippen molar-refractivity contribution in [1.29, 1.82) is 0 Å². The molecule has 0 fully saturated rings. The Labute approximate surface area is 134 Å². The van der Waals surface area contributed by atoms with Gasteiger partial charge in [-0.25, -0.2) is 9.67 Å². The van der Waals surface area contributed by atoms with Gasteiger partial charge < -0.3 is 5.32 Å². The molecule has 7 heteroatoms. The van der Waals surface area contributed by atoms with Gasteiger partial charge in [0.15, 0.2) is 5.82 Å². The van der Waals surface area contributed by atoms with Crippen LogP contribution in [0.4, 0.5) is 0 Å². The normalized spacial score (nSPS) is 12.1. The molecule has 0 unspecified atom stereocenters. The van der Waals surface area contributed by atoms with E-state index < -0.39 is 0 Å². The van der Waals surface area contributed by atoms with Crippen LogP contribution in [0.2, 0.25) is 0 Å². The highest BCUT2D eigenvalue weighted by Gasteiger charge is 2.14. The summed E-state index contributed by atoms with van der Waals surface area (Å²) in [6.45, 7) is 9.81. The van der Waals surface area contributed by atoms with Gasteiger partial charge in [0.1, 0.15) is 6.33 Å². The molecule has 0 saturated heterocycles. The molecule has 2 heterocycles. The molecule has 0 bridgehead atoms. The summed E-state index contributed by atoms with van der Waals surface area (Å²) in [7, 11) is 1.96. The number of rotatable bonds is 5. The molecule has 0 amide bonds. The van der Waals surface area contributed by atoms with Crippen LogP contribution in [0, 0.1) is 0 Å². The first kappa shape index (κ1) is 16.2. The molecule has 2 aromatic heterocycles. The highest BCUT2D eigenvalue weighted by atomic mass is 79.9. The number of aromatic nitrogens is 5. The fraction of sp³-hybridized carbons (Fsp3) is 0.643. The molecular weight excluding hydrogens is 332 g/mol. The van der Waals surface area contributed by atoms with Crippen LogP contribution < -0.4 is 5.32 Å². The molecule has 0 aliphatic rings. The molecule has 2 aromatic rings. The van der Waals surface area contributed by atoms with Crippen LogP contribution in [0.3, 0.4) is 0 Å². The van der Waals surface area contributed by atoms with Gasteiger partial charge >= 0.3 is 0 Å². The standard InChI is InChI=1S/C14H23BrN6/c1-6-10-13(15)11(20(5)18-10)8-21-9-16-12(19-21)7-17-14(2,3)4/h9,17H,6-8H2,1-5H3. The molecule has 0 radical (unpaired) electrons. The first-order valence-corrected chi connectivity index (χ1v) is 7.93. The topological polar surface area (TPSA) is 60.6 Å². The van der Waals surface area contributed by atoms with Gasteiger partial charge in [-0.2, -0.15) is 10.2 Å². The highest BCUT2D eigenvalue weighted by Crippen LogP contribution is 2.22. The number of aryl methyl sites for hydroxylation is 2. The summed E-state index contributed by atoms with van der Waals surface area (Å²) in [4.78, 5) is 4.35. The first-order valence-electron chi connectivity index (χ1n) is 7.13. The first-order chi connectivity index (χ1) is 9.80. The Morgan fingerprint density at radius 3 is 2.57 bits per heavy atom. The molecule has 21 heavy (non-hydrogen) atoms. The average molecular weight is 355 g/mol. The average Bonchev–Trinajstić information content (AvgIpc) is 2.95. The van der Waals surface area contributed by atoms with Crippen molar-refractivity contribution in [3.05, 3.63) is 28.0 Å². The van der Waals surface area contributed by atoms with Crippen LogP contribution in [0.15, 0.2) is 10.8 Å². The van der Waals surface area contributed by atoms with Crippen LogP contribution >= 0.6 is 15.9 Å². The van der Waals surface area contributed by atoms with Gasteiger partial charge in [0.25, 0.3) is 0 Å². The maximum atomic E-state index is 4.51. The summed E-state index contributed by atoms with van der Waals surface area (Å²) in [5.41, 5.74) is 2.24. The van der Waals surface area contributed by atoms with Crippen molar-refractivity contribution in [1.82, 2.24) is 29.9 Å². The highest BCUT2D eigenvalue weighted by molar-refractivity contribution is 9.10. The zero-order valence-electron chi connectivity index (χ0n) is 13.3. The van der Waals surface area contributed by atoms with Crippen LogP contribution in [-0.2, 0) is 26.6 Å². The molecule has 0 spiro atoms. The molecule has 6 nitrogen and oxygen atoms in total. The number of nitrogens with zero attached hydrogens (tertiary/aromatic N) is 5. The van der Waals surface area contributed by atoms with Crippen LogP contribution in [0.25, 0.3) is 0 Å². The van der Waals surface area contributed by atoms with Crippen molar-refractivity contribution in [2.75, 3.05) is 0 Å². The third-order valence-electron chi connectivity index (χ3n) is 3.18. The van der Waals surface area contributed by atoms with E-state index in [1.165, 1.54) is 0 Å². The van der Waals surface area contributed by atoms with Gasteiger partial charge in [-0.15, -0.1) is 0 Å². The van der Waals surface area contributed by atoms with Crippen molar-refractivity contribution in [2.45, 2.75) is 52.7 Å². The Hall–Kier alpha value is -1.21. The molecule has 0 aromatic carbocycles. The van der Waals surface area contributed by atoms with Crippen molar-refractivity contribution < 1.29 is 0 Å². The summed E-state index contributed by atoms with van der Waals surface area (Å²) in [6, 6.07) is 0. The van der Waals surface area contributed by atoms with Gasteiger partial charge in [0.05, 0.1) is 29.0 Å². The zero-order valence-corrected chi connectivity index (χ0v) is 14.9. The molecule has 0 saturated carbocycles. The largest absolute Gasteiger partial charge is 0.305 e. The minimum Gasteiger partial charge on any atom is -0.305 e. The van der Waals surface area contributed by atoms with E-state index in [2.05, 4.69) is 64.1 Å². The summed E-state index contributed by atoms with van der Waals surface area (Å²) in [5, 5.41) is 12.4. The van der Waals surface area contributed by atoms with Crippen molar-refractivity contribution >= 4 is 15.9 Å². The van der Waals surface area contributed by atoms with E-state index in [0.717, 1.165) is 28.1 Å². The van der Waals surface area contributed by atoms with E-state index in [0.29, 0.717) is 13.1 Å². The Balaban J connectivity index is 2.08. The third-order valence-corrected chi connectivity index (χ3v) is 4.09. The molecule has 0 atom stereocenters. The minimum absolute atomic E-state index is 0.0621. The van der Waals surface area contributed by atoms with Crippen LogP contribution in [0.5, 0.6) is 0 Å². The fourth-order valence-electron chi connectivity index (χ4n) is 1.98. The van der Waals surface area contributed by atoms with E-state index in [1.807, 2.05) is 16.4 Å². The maximum Gasteiger partial charge on any atom is 0.164 e. The monoisotopic (exact) mass is 354 g/mol. The number of nitrogens with one attached hydrogen (secondary N) is 1. The number of hydrogen-bond donors (Lipinski definition) is 1. The second kappa shape index (κ2) is 6.27. The second-order valence-electron chi connectivity index (χ2n) is 6.15. The predicted octanol–water partition coefficient (Wildman–Crippen LogP) is 2.27. The third kappa shape index (κ3) is 4.14. The van der Waals surface area contributed by atoms with E-state index in [4.69, 9.17) is 0 Å². The van der Waals surface area contributed by atoms with E-state index in [1.54, 1.807) is 6.33 Å². The Bertz CT molecular complexity index is 607. The quantitative estimate of drug-likeness (QED) is 0.894. The van der Waals surface area contributed by atoms with E-state index >= 15 is 0 Å². The van der Waals surface area contributed by atoms with Gasteiger partial charge in [0.2, 0.25) is 0 Å². The van der Waals surface area contributed by atoms with Crippen molar-refractivity contribution in [3.8, 4) is 0 Å². The molecule has 0 aliphatic carbocycles. The fourth-order valence-corrected chi connectivity index (χ4v) is 2.72.